The fourth-order valence-electron chi connectivity index (χ4n) is 5.42. The lowest BCUT2D eigenvalue weighted by Gasteiger charge is -2.29. The van der Waals surface area contributed by atoms with Crippen LogP contribution in [0.3, 0.4) is 0 Å². The van der Waals surface area contributed by atoms with Crippen molar-refractivity contribution in [1.82, 2.24) is 4.72 Å². The van der Waals surface area contributed by atoms with Crippen LogP contribution >= 0.6 is 11.6 Å². The smallest absolute Gasteiger partial charge is 0.241 e. The lowest BCUT2D eigenvalue weighted by Crippen LogP contribution is -2.49. The van der Waals surface area contributed by atoms with Crippen LogP contribution in [0.25, 0.3) is 0 Å². The number of sulfonamides is 1. The van der Waals surface area contributed by atoms with Crippen LogP contribution in [0.2, 0.25) is 5.02 Å². The van der Waals surface area contributed by atoms with Gasteiger partial charge in [-0.3, -0.25) is 9.59 Å². The zero-order valence-corrected chi connectivity index (χ0v) is 19.9. The largest absolute Gasteiger partial charge is 0.361 e. The number of benzene rings is 2. The van der Waals surface area contributed by atoms with Gasteiger partial charge in [0.2, 0.25) is 21.8 Å². The maximum atomic E-state index is 13.4. The Morgan fingerprint density at radius 2 is 1.70 bits per heavy atom. The van der Waals surface area contributed by atoms with Crippen molar-refractivity contribution in [3.8, 4) is 0 Å². The van der Waals surface area contributed by atoms with Crippen molar-refractivity contribution in [3.63, 3.8) is 0 Å². The van der Waals surface area contributed by atoms with Gasteiger partial charge in [0.1, 0.15) is 5.60 Å². The summed E-state index contributed by atoms with van der Waals surface area (Å²) in [5.41, 5.74) is 1.48. The van der Waals surface area contributed by atoms with E-state index in [0.717, 1.165) is 10.5 Å². The monoisotopic (exact) mass is 486 g/mol. The van der Waals surface area contributed by atoms with Crippen molar-refractivity contribution in [2.45, 2.75) is 37.4 Å². The van der Waals surface area contributed by atoms with Gasteiger partial charge in [0.25, 0.3) is 0 Å². The van der Waals surface area contributed by atoms with Gasteiger partial charge >= 0.3 is 0 Å². The third kappa shape index (κ3) is 3.35. The average molecular weight is 487 g/mol. The van der Waals surface area contributed by atoms with E-state index >= 15 is 0 Å². The van der Waals surface area contributed by atoms with E-state index in [1.54, 1.807) is 50.3 Å². The molecule has 2 fully saturated rings. The summed E-state index contributed by atoms with van der Waals surface area (Å²) in [5, 5.41) is 0.496. The summed E-state index contributed by atoms with van der Waals surface area (Å²) in [7, 11) is -3.87. The summed E-state index contributed by atoms with van der Waals surface area (Å²) < 4.78 is 35.1. The first-order chi connectivity index (χ1) is 15.5. The SMILES string of the molecule is Cc1cc(C)c(S(=O)(=O)NCC23C=CC(O2)C2C(=O)N(c4ccc(Cl)cc4)C(=O)C23)c(C)c1. The summed E-state index contributed by atoms with van der Waals surface area (Å²) in [6.45, 7) is 5.27. The highest BCUT2D eigenvalue weighted by molar-refractivity contribution is 7.89. The number of nitrogens with one attached hydrogen (secondary N) is 1. The summed E-state index contributed by atoms with van der Waals surface area (Å²) in [5.74, 6) is -2.25. The Labute approximate surface area is 197 Å². The Balaban J connectivity index is 1.44. The van der Waals surface area contributed by atoms with Gasteiger partial charge in [-0.05, 0) is 56.2 Å². The summed E-state index contributed by atoms with van der Waals surface area (Å²) >= 11 is 5.95. The summed E-state index contributed by atoms with van der Waals surface area (Å²) in [6.07, 6.45) is 2.89. The molecule has 0 aromatic heterocycles. The molecule has 3 aliphatic heterocycles. The van der Waals surface area contributed by atoms with Gasteiger partial charge in [-0.2, -0.15) is 0 Å². The predicted molar refractivity (Wildman–Crippen MR) is 124 cm³/mol. The molecule has 2 amide bonds. The Bertz CT molecular complexity index is 1300. The zero-order valence-electron chi connectivity index (χ0n) is 18.3. The molecule has 2 aromatic carbocycles. The molecule has 4 unspecified atom stereocenters. The van der Waals surface area contributed by atoms with Gasteiger partial charge in [-0.15, -0.1) is 0 Å². The Morgan fingerprint density at radius 3 is 2.33 bits per heavy atom. The lowest BCUT2D eigenvalue weighted by atomic mass is 9.77. The number of ether oxygens (including phenoxy) is 1. The topological polar surface area (TPSA) is 92.8 Å². The summed E-state index contributed by atoms with van der Waals surface area (Å²) in [4.78, 5) is 28.0. The molecule has 33 heavy (non-hydrogen) atoms. The maximum absolute atomic E-state index is 13.4. The van der Waals surface area contributed by atoms with Crippen LogP contribution in [0, 0.1) is 32.6 Å². The van der Waals surface area contributed by atoms with Crippen molar-refractivity contribution in [3.05, 3.63) is 70.3 Å². The number of carbonyl (C=O) groups excluding carboxylic acids is 2. The minimum atomic E-state index is -3.87. The molecule has 4 atom stereocenters. The third-order valence-electron chi connectivity index (χ3n) is 6.65. The second kappa shape index (κ2) is 7.50. The van der Waals surface area contributed by atoms with Gasteiger partial charge in [-0.25, -0.2) is 18.0 Å². The molecular formula is C24H23ClN2O5S. The maximum Gasteiger partial charge on any atom is 0.241 e. The number of amides is 2. The van der Waals surface area contributed by atoms with E-state index in [4.69, 9.17) is 16.3 Å². The second-order valence-corrected chi connectivity index (χ2v) is 11.1. The fraction of sp³-hybridized carbons (Fsp3) is 0.333. The Morgan fingerprint density at radius 1 is 1.06 bits per heavy atom. The molecule has 1 N–H and O–H groups in total. The van der Waals surface area contributed by atoms with Crippen molar-refractivity contribution in [1.29, 1.82) is 0 Å². The number of hydrogen-bond donors (Lipinski definition) is 1. The van der Waals surface area contributed by atoms with Crippen LogP contribution in [0.4, 0.5) is 5.69 Å². The number of rotatable bonds is 5. The number of imide groups is 1. The van der Waals surface area contributed by atoms with Crippen LogP contribution < -0.4 is 9.62 Å². The number of hydrogen-bond acceptors (Lipinski definition) is 5. The van der Waals surface area contributed by atoms with E-state index in [1.165, 1.54) is 0 Å². The first kappa shape index (κ1) is 22.3. The minimum Gasteiger partial charge on any atom is -0.361 e. The molecule has 0 radical (unpaired) electrons. The van der Waals surface area contributed by atoms with Gasteiger partial charge in [-0.1, -0.05) is 41.4 Å². The highest BCUT2D eigenvalue weighted by Gasteiger charge is 2.67. The van der Waals surface area contributed by atoms with E-state index in [-0.39, 0.29) is 17.3 Å². The van der Waals surface area contributed by atoms with Crippen LogP contribution in [0.5, 0.6) is 0 Å². The van der Waals surface area contributed by atoms with Gasteiger partial charge in [0.05, 0.1) is 28.5 Å². The van der Waals surface area contributed by atoms with Crippen LogP contribution in [0.1, 0.15) is 16.7 Å². The van der Waals surface area contributed by atoms with Gasteiger partial charge in [0.15, 0.2) is 0 Å². The van der Waals surface area contributed by atoms with E-state index in [2.05, 4.69) is 4.72 Å². The average Bonchev–Trinajstić information content (AvgIpc) is 3.37. The van der Waals surface area contributed by atoms with Crippen molar-refractivity contribution in [2.24, 2.45) is 11.8 Å². The normalized spacial score (nSPS) is 28.1. The first-order valence-corrected chi connectivity index (χ1v) is 12.5. The highest BCUT2D eigenvalue weighted by Crippen LogP contribution is 2.52. The first-order valence-electron chi connectivity index (χ1n) is 10.6. The van der Waals surface area contributed by atoms with Crippen LogP contribution in [-0.2, 0) is 24.3 Å². The molecule has 0 saturated carbocycles. The molecule has 2 saturated heterocycles. The molecule has 9 heteroatoms. The van der Waals surface area contributed by atoms with E-state index in [0.29, 0.717) is 21.8 Å². The van der Waals surface area contributed by atoms with E-state index < -0.39 is 39.5 Å². The number of aryl methyl sites for hydroxylation is 3. The molecule has 2 bridgehead atoms. The van der Waals surface area contributed by atoms with E-state index in [9.17, 15) is 18.0 Å². The van der Waals surface area contributed by atoms with Crippen molar-refractivity contribution < 1.29 is 22.7 Å². The molecule has 5 rings (SSSR count). The quantitative estimate of drug-likeness (QED) is 0.518. The third-order valence-corrected chi connectivity index (χ3v) is 8.61. The molecule has 7 nitrogen and oxygen atoms in total. The molecule has 0 spiro atoms. The zero-order chi connectivity index (χ0) is 23.7. The number of nitrogens with zero attached hydrogens (tertiary/aromatic N) is 1. The number of carbonyl (C=O) groups is 2. The second-order valence-electron chi connectivity index (χ2n) is 8.94. The fourth-order valence-corrected chi connectivity index (χ4v) is 7.07. The van der Waals surface area contributed by atoms with Crippen LogP contribution in [-0.4, -0.2) is 38.5 Å². The minimum absolute atomic E-state index is 0.149. The molecular weight excluding hydrogens is 464 g/mol. The van der Waals surface area contributed by atoms with Crippen molar-refractivity contribution >= 4 is 39.1 Å². The molecule has 3 heterocycles. The number of anilines is 1. The predicted octanol–water partition coefficient (Wildman–Crippen LogP) is 3.06. The number of fused-ring (bicyclic) bond motifs is 5. The Kier molecular flexibility index (Phi) is 5.06. The van der Waals surface area contributed by atoms with Crippen molar-refractivity contribution in [2.75, 3.05) is 11.4 Å². The molecule has 3 aliphatic rings. The lowest BCUT2D eigenvalue weighted by molar-refractivity contribution is -0.126. The Hall–Kier alpha value is -2.52. The van der Waals surface area contributed by atoms with Gasteiger partial charge < -0.3 is 4.74 Å². The number of halogens is 1. The van der Waals surface area contributed by atoms with Crippen LogP contribution in [0.15, 0.2) is 53.4 Å². The molecule has 172 valence electrons. The van der Waals surface area contributed by atoms with Gasteiger partial charge in [0, 0.05) is 11.6 Å². The standard InChI is InChI=1S/C24H23ClN2O5S/c1-13-10-14(2)21(15(3)11-13)33(30,31)26-12-24-9-8-18(32-24)19-20(24)23(29)27(22(19)28)17-6-4-16(25)5-7-17/h4-11,18-20,26H,12H2,1-3H3. The highest BCUT2D eigenvalue weighted by atomic mass is 35.5. The molecule has 0 aliphatic carbocycles. The summed E-state index contributed by atoms with van der Waals surface area (Å²) in [6, 6.07) is 10.1. The van der Waals surface area contributed by atoms with E-state index in [1.807, 2.05) is 19.1 Å². The molecule has 2 aromatic rings.